The molecular formula is C8H10N2O6. The predicted molar refractivity (Wildman–Crippen MR) is 50.2 cm³/mol. The number of hydrogen-bond acceptors (Lipinski definition) is 4. The molecule has 0 aromatic carbocycles. The molecule has 2 amide bonds. The molecule has 0 heterocycles. The van der Waals surface area contributed by atoms with Gasteiger partial charge in [-0.3, -0.25) is 9.59 Å². The SMILES string of the molecule is NC(=O)C[C@H](NC(=O)/C=C\C(=O)O)C(=O)O. The molecule has 88 valence electrons. The Kier molecular flexibility index (Phi) is 5.25. The smallest absolute Gasteiger partial charge is 0.328 e. The van der Waals surface area contributed by atoms with Crippen molar-refractivity contribution < 1.29 is 29.4 Å². The quantitative estimate of drug-likeness (QED) is 0.391. The lowest BCUT2D eigenvalue weighted by Gasteiger charge is -2.10. The fourth-order valence-corrected chi connectivity index (χ4v) is 0.768. The van der Waals surface area contributed by atoms with Crippen molar-refractivity contribution in [2.24, 2.45) is 5.73 Å². The van der Waals surface area contributed by atoms with Gasteiger partial charge in [0, 0.05) is 12.2 Å². The average molecular weight is 230 g/mol. The van der Waals surface area contributed by atoms with Gasteiger partial charge in [0.1, 0.15) is 6.04 Å². The minimum atomic E-state index is -1.47. The lowest BCUT2D eigenvalue weighted by atomic mass is 10.2. The van der Waals surface area contributed by atoms with E-state index in [1.807, 2.05) is 5.32 Å². The normalized spacial score (nSPS) is 12.0. The van der Waals surface area contributed by atoms with E-state index < -0.39 is 36.2 Å². The molecule has 5 N–H and O–H groups in total. The summed E-state index contributed by atoms with van der Waals surface area (Å²) in [4.78, 5) is 42.0. The van der Waals surface area contributed by atoms with E-state index in [1.165, 1.54) is 0 Å². The average Bonchev–Trinajstić information content (AvgIpc) is 2.12. The molecule has 0 bridgehead atoms. The highest BCUT2D eigenvalue weighted by Crippen LogP contribution is 1.92. The van der Waals surface area contributed by atoms with E-state index in [0.29, 0.717) is 12.2 Å². The van der Waals surface area contributed by atoms with Gasteiger partial charge in [0.2, 0.25) is 11.8 Å². The number of nitrogens with one attached hydrogen (secondary N) is 1. The van der Waals surface area contributed by atoms with Crippen molar-refractivity contribution in [2.75, 3.05) is 0 Å². The highest BCUT2D eigenvalue weighted by Gasteiger charge is 2.20. The van der Waals surface area contributed by atoms with Gasteiger partial charge in [-0.2, -0.15) is 0 Å². The molecule has 8 heteroatoms. The molecule has 0 rings (SSSR count). The fourth-order valence-electron chi connectivity index (χ4n) is 0.768. The molecule has 0 aliphatic carbocycles. The van der Waals surface area contributed by atoms with Crippen LogP contribution in [0.2, 0.25) is 0 Å². The maximum absolute atomic E-state index is 11.0. The van der Waals surface area contributed by atoms with E-state index in [0.717, 1.165) is 0 Å². The topological polar surface area (TPSA) is 147 Å². The number of carboxylic acids is 2. The molecule has 0 aromatic heterocycles. The second-order valence-electron chi connectivity index (χ2n) is 2.74. The number of hydrogen-bond donors (Lipinski definition) is 4. The van der Waals surface area contributed by atoms with E-state index in [2.05, 4.69) is 0 Å². The minimum Gasteiger partial charge on any atom is -0.480 e. The van der Waals surface area contributed by atoms with Gasteiger partial charge in [-0.1, -0.05) is 0 Å². The summed E-state index contributed by atoms with van der Waals surface area (Å²) in [7, 11) is 0. The number of carbonyl (C=O) groups excluding carboxylic acids is 2. The number of amides is 2. The second-order valence-corrected chi connectivity index (χ2v) is 2.74. The number of primary amides is 1. The van der Waals surface area contributed by atoms with E-state index >= 15 is 0 Å². The summed E-state index contributed by atoms with van der Waals surface area (Å²) in [6.45, 7) is 0. The highest BCUT2D eigenvalue weighted by atomic mass is 16.4. The van der Waals surface area contributed by atoms with Crippen molar-refractivity contribution >= 4 is 23.8 Å². The molecule has 0 fully saturated rings. The fraction of sp³-hybridized carbons (Fsp3) is 0.250. The van der Waals surface area contributed by atoms with Gasteiger partial charge in [0.05, 0.1) is 6.42 Å². The van der Waals surface area contributed by atoms with Gasteiger partial charge < -0.3 is 21.3 Å². The molecule has 8 nitrogen and oxygen atoms in total. The predicted octanol–water partition coefficient (Wildman–Crippen LogP) is -1.93. The molecule has 0 aromatic rings. The number of rotatable bonds is 6. The number of aliphatic carboxylic acids is 2. The Labute approximate surface area is 89.7 Å². The van der Waals surface area contributed by atoms with Crippen molar-refractivity contribution in [1.29, 1.82) is 0 Å². The Morgan fingerprint density at radius 3 is 2.12 bits per heavy atom. The van der Waals surface area contributed by atoms with Crippen LogP contribution in [-0.4, -0.2) is 40.0 Å². The van der Waals surface area contributed by atoms with Crippen molar-refractivity contribution in [3.8, 4) is 0 Å². The molecule has 16 heavy (non-hydrogen) atoms. The summed E-state index contributed by atoms with van der Waals surface area (Å²) in [6.07, 6.45) is 0.611. The van der Waals surface area contributed by atoms with Crippen LogP contribution in [0.5, 0.6) is 0 Å². The summed E-state index contributed by atoms with van der Waals surface area (Å²) in [5.74, 6) is -4.61. The first-order valence-corrected chi connectivity index (χ1v) is 4.05. The molecule has 0 saturated heterocycles. The van der Waals surface area contributed by atoms with Crippen molar-refractivity contribution in [3.05, 3.63) is 12.2 Å². The zero-order chi connectivity index (χ0) is 12.7. The third-order valence-corrected chi connectivity index (χ3v) is 1.40. The van der Waals surface area contributed by atoms with Crippen LogP contribution in [0.1, 0.15) is 6.42 Å². The summed E-state index contributed by atoms with van der Waals surface area (Å²) in [5.41, 5.74) is 4.76. The summed E-state index contributed by atoms with van der Waals surface area (Å²) in [6, 6.07) is -1.47. The van der Waals surface area contributed by atoms with E-state index in [9.17, 15) is 19.2 Å². The first-order valence-electron chi connectivity index (χ1n) is 4.05. The Morgan fingerprint density at radius 1 is 1.19 bits per heavy atom. The summed E-state index contributed by atoms with van der Waals surface area (Å²) < 4.78 is 0. The monoisotopic (exact) mass is 230 g/mol. The lowest BCUT2D eigenvalue weighted by molar-refractivity contribution is -0.142. The minimum absolute atomic E-state index is 0.540. The van der Waals surface area contributed by atoms with Gasteiger partial charge >= 0.3 is 11.9 Å². The largest absolute Gasteiger partial charge is 0.480 e. The zero-order valence-electron chi connectivity index (χ0n) is 8.04. The zero-order valence-corrected chi connectivity index (χ0v) is 8.04. The Hall–Kier alpha value is -2.38. The van der Waals surface area contributed by atoms with Crippen LogP contribution in [0.3, 0.4) is 0 Å². The van der Waals surface area contributed by atoms with Crippen LogP contribution in [0.15, 0.2) is 12.2 Å². The van der Waals surface area contributed by atoms with Crippen LogP contribution in [0, 0.1) is 0 Å². The standard InChI is InChI=1S/C8H10N2O6/c9-5(11)3-4(8(15)16)10-6(12)1-2-7(13)14/h1-2,4H,3H2,(H2,9,11)(H,10,12)(H,13,14)(H,15,16)/b2-1-/t4-/m0/s1. The molecule has 0 aliphatic heterocycles. The van der Waals surface area contributed by atoms with Crippen LogP contribution in [0.25, 0.3) is 0 Å². The Morgan fingerprint density at radius 2 is 1.75 bits per heavy atom. The van der Waals surface area contributed by atoms with Crippen LogP contribution in [-0.2, 0) is 19.2 Å². The van der Waals surface area contributed by atoms with Crippen LogP contribution >= 0.6 is 0 Å². The van der Waals surface area contributed by atoms with E-state index in [1.54, 1.807) is 0 Å². The molecule has 0 radical (unpaired) electrons. The molecular weight excluding hydrogens is 220 g/mol. The lowest BCUT2D eigenvalue weighted by Crippen LogP contribution is -2.42. The summed E-state index contributed by atoms with van der Waals surface area (Å²) in [5, 5.41) is 18.7. The third-order valence-electron chi connectivity index (χ3n) is 1.40. The third kappa shape index (κ3) is 6.13. The second kappa shape index (κ2) is 6.17. The van der Waals surface area contributed by atoms with E-state index in [-0.39, 0.29) is 0 Å². The molecule has 0 spiro atoms. The highest BCUT2D eigenvalue weighted by molar-refractivity contribution is 5.96. The van der Waals surface area contributed by atoms with Gasteiger partial charge in [-0.25, -0.2) is 9.59 Å². The van der Waals surface area contributed by atoms with Gasteiger partial charge in [-0.15, -0.1) is 0 Å². The van der Waals surface area contributed by atoms with Crippen molar-refractivity contribution in [2.45, 2.75) is 12.5 Å². The number of carboxylic acid groups (broad SMARTS) is 2. The first-order chi connectivity index (χ1) is 7.32. The first kappa shape index (κ1) is 13.6. The van der Waals surface area contributed by atoms with E-state index in [4.69, 9.17) is 15.9 Å². The van der Waals surface area contributed by atoms with Gasteiger partial charge in [0.15, 0.2) is 0 Å². The van der Waals surface area contributed by atoms with Gasteiger partial charge in [-0.05, 0) is 0 Å². The van der Waals surface area contributed by atoms with Gasteiger partial charge in [0.25, 0.3) is 0 Å². The van der Waals surface area contributed by atoms with Crippen LogP contribution in [0.4, 0.5) is 0 Å². The Bertz CT molecular complexity index is 348. The Balaban J connectivity index is 4.40. The molecule has 0 aliphatic rings. The number of nitrogens with two attached hydrogens (primary N) is 1. The maximum Gasteiger partial charge on any atom is 0.328 e. The van der Waals surface area contributed by atoms with Crippen molar-refractivity contribution in [3.63, 3.8) is 0 Å². The molecule has 0 saturated carbocycles. The molecule has 1 atom stereocenters. The van der Waals surface area contributed by atoms with Crippen LogP contribution < -0.4 is 11.1 Å². The maximum atomic E-state index is 11.0. The molecule has 0 unspecified atom stereocenters. The van der Waals surface area contributed by atoms with Crippen molar-refractivity contribution in [1.82, 2.24) is 5.32 Å². The number of carbonyl (C=O) groups is 4. The summed E-state index contributed by atoms with van der Waals surface area (Å²) >= 11 is 0.